The molecule has 0 spiro atoms. The second-order valence-electron chi connectivity index (χ2n) is 4.94. The highest BCUT2D eigenvalue weighted by atomic mass is 79.9. The van der Waals surface area contributed by atoms with Crippen LogP contribution in [0.1, 0.15) is 36.8 Å². The van der Waals surface area contributed by atoms with E-state index < -0.39 is 0 Å². The Kier molecular flexibility index (Phi) is 5.05. The number of nitrogens with zero attached hydrogens (tertiary/aromatic N) is 1. The maximum absolute atomic E-state index is 3.56. The highest BCUT2D eigenvalue weighted by molar-refractivity contribution is 9.09. The normalized spacial score (nSPS) is 17.9. The molecule has 1 unspecified atom stereocenters. The molecule has 0 fully saturated rings. The van der Waals surface area contributed by atoms with Crippen LogP contribution in [0.3, 0.4) is 0 Å². The number of rotatable bonds is 7. The molecule has 0 heterocycles. The summed E-state index contributed by atoms with van der Waals surface area (Å²) in [6.07, 6.45) is 3.89. The highest BCUT2D eigenvalue weighted by Crippen LogP contribution is 2.35. The van der Waals surface area contributed by atoms with Gasteiger partial charge >= 0.3 is 0 Å². The molecule has 1 nitrogen and oxygen atoms in total. The quantitative estimate of drug-likeness (QED) is 0.691. The fourth-order valence-corrected chi connectivity index (χ4v) is 3.13. The number of halogens is 1. The zero-order valence-corrected chi connectivity index (χ0v) is 12.2. The van der Waals surface area contributed by atoms with E-state index in [1.54, 1.807) is 11.1 Å². The predicted octanol–water partition coefficient (Wildman–Crippen LogP) is 3.82. The van der Waals surface area contributed by atoms with Crippen molar-refractivity contribution in [2.45, 2.75) is 32.1 Å². The summed E-state index contributed by atoms with van der Waals surface area (Å²) in [5.74, 6) is 0.780. The zero-order valence-electron chi connectivity index (χ0n) is 10.7. The first-order valence-corrected chi connectivity index (χ1v) is 7.83. The number of unbranched alkanes of at least 4 members (excludes halogenated alkanes) is 1. The van der Waals surface area contributed by atoms with Gasteiger partial charge in [-0.25, -0.2) is 0 Å². The van der Waals surface area contributed by atoms with Crippen LogP contribution in [0.4, 0.5) is 0 Å². The molecule has 0 amide bonds. The van der Waals surface area contributed by atoms with Crippen LogP contribution in [0.15, 0.2) is 24.3 Å². The van der Waals surface area contributed by atoms with Crippen molar-refractivity contribution in [3.63, 3.8) is 0 Å². The Balaban J connectivity index is 1.87. The first-order chi connectivity index (χ1) is 8.35. The number of alkyl halides is 1. The molecule has 1 aromatic rings. The van der Waals surface area contributed by atoms with Gasteiger partial charge in [0.1, 0.15) is 0 Å². The van der Waals surface area contributed by atoms with E-state index in [1.807, 2.05) is 0 Å². The van der Waals surface area contributed by atoms with Crippen molar-refractivity contribution in [1.82, 2.24) is 4.90 Å². The van der Waals surface area contributed by atoms with Gasteiger partial charge < -0.3 is 4.90 Å². The van der Waals surface area contributed by atoms with E-state index in [0.717, 1.165) is 11.2 Å². The lowest BCUT2D eigenvalue weighted by Gasteiger charge is -2.34. The monoisotopic (exact) mass is 295 g/mol. The van der Waals surface area contributed by atoms with Crippen molar-refractivity contribution in [1.29, 1.82) is 0 Å². The summed E-state index contributed by atoms with van der Waals surface area (Å²) in [4.78, 5) is 2.61. The van der Waals surface area contributed by atoms with Gasteiger partial charge in [-0.15, -0.1) is 0 Å². The molecule has 1 aliphatic carbocycles. The predicted molar refractivity (Wildman–Crippen MR) is 78.0 cm³/mol. The summed E-state index contributed by atoms with van der Waals surface area (Å²) in [5.41, 5.74) is 3.15. The molecule has 1 atom stereocenters. The van der Waals surface area contributed by atoms with Gasteiger partial charge in [0, 0.05) is 24.3 Å². The molecule has 0 aliphatic heterocycles. The SMILES string of the molecule is CCCCN(CCBr)CC1Cc2ccccc21. The van der Waals surface area contributed by atoms with Crippen molar-refractivity contribution in [3.8, 4) is 0 Å². The van der Waals surface area contributed by atoms with E-state index in [4.69, 9.17) is 0 Å². The average Bonchev–Trinajstić information content (AvgIpc) is 2.33. The van der Waals surface area contributed by atoms with Gasteiger partial charge in [-0.05, 0) is 30.5 Å². The molecule has 1 aliphatic rings. The Morgan fingerprint density at radius 2 is 2.12 bits per heavy atom. The summed E-state index contributed by atoms with van der Waals surface area (Å²) in [6, 6.07) is 8.90. The third-order valence-electron chi connectivity index (χ3n) is 3.67. The van der Waals surface area contributed by atoms with E-state index >= 15 is 0 Å². The van der Waals surface area contributed by atoms with Gasteiger partial charge in [-0.3, -0.25) is 0 Å². The van der Waals surface area contributed by atoms with Crippen LogP contribution in [-0.4, -0.2) is 29.9 Å². The standard InChI is InChI=1S/C15H22BrN/c1-2-3-9-17(10-8-16)12-14-11-13-6-4-5-7-15(13)14/h4-7,14H,2-3,8-12H2,1H3. The average molecular weight is 296 g/mol. The van der Waals surface area contributed by atoms with Crippen LogP contribution in [0.25, 0.3) is 0 Å². The third kappa shape index (κ3) is 3.32. The molecule has 1 aromatic carbocycles. The first kappa shape index (κ1) is 13.1. The topological polar surface area (TPSA) is 3.24 Å². The van der Waals surface area contributed by atoms with Crippen LogP contribution >= 0.6 is 15.9 Å². The molecule has 0 saturated carbocycles. The molecular formula is C15H22BrN. The molecule has 0 bridgehead atoms. The van der Waals surface area contributed by atoms with Gasteiger partial charge in [0.15, 0.2) is 0 Å². The maximum atomic E-state index is 3.56. The minimum atomic E-state index is 0.780. The lowest BCUT2D eigenvalue weighted by molar-refractivity contribution is 0.258. The number of fused-ring (bicyclic) bond motifs is 1. The van der Waals surface area contributed by atoms with Crippen LogP contribution in [-0.2, 0) is 6.42 Å². The van der Waals surface area contributed by atoms with Crippen LogP contribution in [0.5, 0.6) is 0 Å². The van der Waals surface area contributed by atoms with Crippen molar-refractivity contribution in [2.75, 3.05) is 25.0 Å². The van der Waals surface area contributed by atoms with E-state index in [0.29, 0.717) is 0 Å². The summed E-state index contributed by atoms with van der Waals surface area (Å²) in [6.45, 7) is 5.94. The van der Waals surface area contributed by atoms with Crippen molar-refractivity contribution in [3.05, 3.63) is 35.4 Å². The molecule has 0 N–H and O–H groups in total. The Morgan fingerprint density at radius 3 is 2.82 bits per heavy atom. The van der Waals surface area contributed by atoms with Crippen LogP contribution in [0.2, 0.25) is 0 Å². The second-order valence-corrected chi connectivity index (χ2v) is 5.74. The van der Waals surface area contributed by atoms with E-state index in [2.05, 4.69) is 52.0 Å². The van der Waals surface area contributed by atoms with Gasteiger partial charge in [0.05, 0.1) is 0 Å². The second kappa shape index (κ2) is 6.55. The van der Waals surface area contributed by atoms with Crippen molar-refractivity contribution < 1.29 is 0 Å². The van der Waals surface area contributed by atoms with Crippen molar-refractivity contribution >= 4 is 15.9 Å². The van der Waals surface area contributed by atoms with Gasteiger partial charge in [0.25, 0.3) is 0 Å². The van der Waals surface area contributed by atoms with Crippen LogP contribution < -0.4 is 0 Å². The molecule has 2 rings (SSSR count). The number of hydrogen-bond donors (Lipinski definition) is 0. The van der Waals surface area contributed by atoms with E-state index in [9.17, 15) is 0 Å². The smallest absolute Gasteiger partial charge is 0.0159 e. The lowest BCUT2D eigenvalue weighted by atomic mass is 9.77. The fourth-order valence-electron chi connectivity index (χ4n) is 2.63. The van der Waals surface area contributed by atoms with E-state index in [-0.39, 0.29) is 0 Å². The summed E-state index contributed by atoms with van der Waals surface area (Å²) in [5, 5.41) is 1.09. The molecule has 0 aromatic heterocycles. The van der Waals surface area contributed by atoms with Crippen molar-refractivity contribution in [2.24, 2.45) is 0 Å². The molecular weight excluding hydrogens is 274 g/mol. The summed E-state index contributed by atoms with van der Waals surface area (Å²) < 4.78 is 0. The Morgan fingerprint density at radius 1 is 1.29 bits per heavy atom. The van der Waals surface area contributed by atoms with Gasteiger partial charge in [0.2, 0.25) is 0 Å². The molecule has 17 heavy (non-hydrogen) atoms. The maximum Gasteiger partial charge on any atom is 0.0159 e. The van der Waals surface area contributed by atoms with Gasteiger partial charge in [-0.1, -0.05) is 53.5 Å². The number of benzene rings is 1. The Labute approximate surface area is 113 Å². The fraction of sp³-hybridized carbons (Fsp3) is 0.600. The summed E-state index contributed by atoms with van der Waals surface area (Å²) >= 11 is 3.56. The third-order valence-corrected chi connectivity index (χ3v) is 4.02. The van der Waals surface area contributed by atoms with E-state index in [1.165, 1.54) is 38.9 Å². The minimum absolute atomic E-state index is 0.780. The molecule has 0 radical (unpaired) electrons. The first-order valence-electron chi connectivity index (χ1n) is 6.71. The number of hydrogen-bond acceptors (Lipinski definition) is 1. The Bertz CT molecular complexity index is 351. The summed E-state index contributed by atoms with van der Waals surface area (Å²) in [7, 11) is 0. The minimum Gasteiger partial charge on any atom is -0.302 e. The molecule has 94 valence electrons. The lowest BCUT2D eigenvalue weighted by Crippen LogP contribution is -2.35. The van der Waals surface area contributed by atoms with Gasteiger partial charge in [-0.2, -0.15) is 0 Å². The Hall–Kier alpha value is -0.340. The zero-order chi connectivity index (χ0) is 12.1. The largest absolute Gasteiger partial charge is 0.302 e. The molecule has 0 saturated heterocycles. The van der Waals surface area contributed by atoms with Crippen LogP contribution in [0, 0.1) is 0 Å². The highest BCUT2D eigenvalue weighted by Gasteiger charge is 2.26. The molecule has 2 heteroatoms.